The fourth-order valence-electron chi connectivity index (χ4n) is 9.53. The van der Waals surface area contributed by atoms with E-state index in [0.717, 1.165) is 93.5 Å². The summed E-state index contributed by atoms with van der Waals surface area (Å²) in [7, 11) is 0. The molecule has 294 valence electrons. The summed E-state index contributed by atoms with van der Waals surface area (Å²) in [5, 5.41) is 6.47. The van der Waals surface area contributed by atoms with Crippen LogP contribution in [0.4, 0.5) is 0 Å². The maximum atomic E-state index is 6.73. The maximum Gasteiger partial charge on any atom is 0.238 e. The van der Waals surface area contributed by atoms with Gasteiger partial charge in [-0.3, -0.25) is 4.57 Å². The molecule has 0 saturated carbocycles. The van der Waals surface area contributed by atoms with Gasteiger partial charge in [-0.2, -0.15) is 9.97 Å². The Morgan fingerprint density at radius 2 is 0.921 bits per heavy atom. The van der Waals surface area contributed by atoms with Crippen LogP contribution in [0.25, 0.3) is 122 Å². The molecule has 0 fully saturated rings. The molecule has 0 aliphatic carbocycles. The fraction of sp³-hybridized carbons (Fsp3) is 0. The summed E-state index contributed by atoms with van der Waals surface area (Å²) in [5.41, 5.74) is 13.2. The first-order chi connectivity index (χ1) is 31.2. The number of rotatable bonds is 6. The van der Waals surface area contributed by atoms with Crippen LogP contribution < -0.4 is 0 Å². The third kappa shape index (κ3) is 5.55. The van der Waals surface area contributed by atoms with Crippen LogP contribution in [0, 0.1) is 0 Å². The predicted octanol–water partition coefficient (Wildman–Crippen LogP) is 14.6. The van der Waals surface area contributed by atoms with E-state index in [1.807, 2.05) is 18.2 Å². The van der Waals surface area contributed by atoms with Gasteiger partial charge in [-0.1, -0.05) is 164 Å². The summed E-state index contributed by atoms with van der Waals surface area (Å²) >= 11 is 0. The normalized spacial score (nSPS) is 11.8. The van der Waals surface area contributed by atoms with Crippen LogP contribution in [0.2, 0.25) is 0 Å². The Balaban J connectivity index is 1.07. The third-order valence-corrected chi connectivity index (χ3v) is 12.4. The number of fused-ring (bicyclic) bond motifs is 10. The van der Waals surface area contributed by atoms with Gasteiger partial charge in [-0.25, -0.2) is 4.98 Å². The molecular formula is C57H35N5O. The largest absolute Gasteiger partial charge is 0.454 e. The summed E-state index contributed by atoms with van der Waals surface area (Å²) in [4.78, 5) is 16.2. The molecule has 0 atom stereocenters. The van der Waals surface area contributed by atoms with Crippen LogP contribution in [0.1, 0.15) is 0 Å². The fourth-order valence-corrected chi connectivity index (χ4v) is 9.53. The van der Waals surface area contributed by atoms with Gasteiger partial charge in [0.1, 0.15) is 11.1 Å². The molecule has 4 aromatic heterocycles. The van der Waals surface area contributed by atoms with Crippen molar-refractivity contribution in [2.24, 2.45) is 0 Å². The van der Waals surface area contributed by atoms with Gasteiger partial charge in [-0.15, -0.1) is 0 Å². The summed E-state index contributed by atoms with van der Waals surface area (Å²) in [6.45, 7) is 0. The molecule has 6 nitrogen and oxygen atoms in total. The Morgan fingerprint density at radius 1 is 0.349 bits per heavy atom. The highest BCUT2D eigenvalue weighted by Crippen LogP contribution is 2.42. The van der Waals surface area contributed by atoms with E-state index in [4.69, 9.17) is 19.4 Å². The number of para-hydroxylation sites is 4. The number of hydrogen-bond donors (Lipinski definition) is 0. The van der Waals surface area contributed by atoms with Gasteiger partial charge in [0.05, 0.1) is 16.6 Å². The molecule has 0 N–H and O–H groups in total. The summed E-state index contributed by atoms with van der Waals surface area (Å²) in [6, 6.07) is 74.3. The molecular weight excluding hydrogens is 771 g/mol. The molecule has 0 bridgehead atoms. The van der Waals surface area contributed by atoms with Gasteiger partial charge < -0.3 is 8.98 Å². The second-order valence-corrected chi connectivity index (χ2v) is 16.0. The first-order valence-corrected chi connectivity index (χ1v) is 21.2. The van der Waals surface area contributed by atoms with Crippen molar-refractivity contribution in [2.75, 3.05) is 0 Å². The van der Waals surface area contributed by atoms with Crippen molar-refractivity contribution in [3.8, 4) is 56.7 Å². The molecule has 0 aliphatic rings. The van der Waals surface area contributed by atoms with E-state index in [9.17, 15) is 0 Å². The van der Waals surface area contributed by atoms with Crippen LogP contribution in [0.5, 0.6) is 0 Å². The Bertz CT molecular complexity index is 3900. The molecule has 0 radical (unpaired) electrons. The zero-order chi connectivity index (χ0) is 41.4. The molecule has 0 unspecified atom stereocenters. The van der Waals surface area contributed by atoms with E-state index in [0.29, 0.717) is 17.6 Å². The zero-order valence-corrected chi connectivity index (χ0v) is 33.9. The molecule has 0 amide bonds. The minimum absolute atomic E-state index is 0.512. The molecule has 13 rings (SSSR count). The minimum atomic E-state index is 0.512. The van der Waals surface area contributed by atoms with E-state index in [1.165, 1.54) is 11.1 Å². The Labute approximate surface area is 361 Å². The Hall–Kier alpha value is -8.61. The van der Waals surface area contributed by atoms with Gasteiger partial charge >= 0.3 is 0 Å². The lowest BCUT2D eigenvalue weighted by Crippen LogP contribution is -2.06. The van der Waals surface area contributed by atoms with Gasteiger partial charge in [0, 0.05) is 49.1 Å². The van der Waals surface area contributed by atoms with Crippen molar-refractivity contribution < 1.29 is 4.42 Å². The second kappa shape index (κ2) is 14.0. The number of benzene rings is 9. The van der Waals surface area contributed by atoms with Gasteiger partial charge in [0.2, 0.25) is 5.95 Å². The maximum absolute atomic E-state index is 6.73. The topological polar surface area (TPSA) is 61.7 Å². The molecule has 0 spiro atoms. The van der Waals surface area contributed by atoms with Gasteiger partial charge in [0.15, 0.2) is 17.2 Å². The lowest BCUT2D eigenvalue weighted by atomic mass is 9.98. The monoisotopic (exact) mass is 805 g/mol. The molecule has 13 aromatic rings. The summed E-state index contributed by atoms with van der Waals surface area (Å²) in [6.07, 6.45) is 0. The predicted molar refractivity (Wildman–Crippen MR) is 258 cm³/mol. The molecule has 4 heterocycles. The molecule has 0 saturated heterocycles. The Morgan fingerprint density at radius 3 is 1.71 bits per heavy atom. The quantitative estimate of drug-likeness (QED) is 0.168. The molecule has 0 aliphatic heterocycles. The third-order valence-electron chi connectivity index (χ3n) is 12.4. The lowest BCUT2D eigenvalue weighted by molar-refractivity contribution is 0.670. The lowest BCUT2D eigenvalue weighted by Gasteiger charge is -2.12. The molecule has 63 heavy (non-hydrogen) atoms. The number of furan rings is 1. The summed E-state index contributed by atoms with van der Waals surface area (Å²) in [5.74, 6) is 1.67. The van der Waals surface area contributed by atoms with Gasteiger partial charge in [-0.05, 0) is 70.8 Å². The van der Waals surface area contributed by atoms with Crippen molar-refractivity contribution in [1.82, 2.24) is 24.1 Å². The van der Waals surface area contributed by atoms with E-state index in [2.05, 4.69) is 203 Å². The highest BCUT2D eigenvalue weighted by Gasteiger charge is 2.24. The van der Waals surface area contributed by atoms with E-state index < -0.39 is 0 Å². The standard InChI is InChI=1S/C57H35N5O/c1-3-15-36(16-4-1)39-17-13-18-40(35-39)37-29-31-38(32-30-37)55-58-56(47-24-14-27-50-52(47)46-23-8-11-26-49(46)61(50)41-19-5-2-6-20-41)60-57(59-55)62-48-25-10-7-21-42(48)44-33-34-45-43-22-9-12-28-51(43)63-54(45)53(44)62/h1-35H. The van der Waals surface area contributed by atoms with Crippen molar-refractivity contribution in [1.29, 1.82) is 0 Å². The van der Waals surface area contributed by atoms with Crippen molar-refractivity contribution in [3.63, 3.8) is 0 Å². The van der Waals surface area contributed by atoms with E-state index >= 15 is 0 Å². The number of hydrogen-bond acceptors (Lipinski definition) is 4. The van der Waals surface area contributed by atoms with Crippen LogP contribution in [0.3, 0.4) is 0 Å². The smallest absolute Gasteiger partial charge is 0.238 e. The van der Waals surface area contributed by atoms with Crippen molar-refractivity contribution in [3.05, 3.63) is 212 Å². The highest BCUT2D eigenvalue weighted by molar-refractivity contribution is 6.21. The molecule has 6 heteroatoms. The highest BCUT2D eigenvalue weighted by atomic mass is 16.3. The zero-order valence-electron chi connectivity index (χ0n) is 33.9. The SMILES string of the molecule is c1ccc(-c2cccc(-c3ccc(-c4nc(-c5cccc6c5c5ccccc5n6-c5ccccc5)nc(-n5c6ccccc6c6ccc7c8ccccc8oc7c65)n4)cc3)c2)cc1. The average molecular weight is 806 g/mol. The van der Waals surface area contributed by atoms with E-state index in [1.54, 1.807) is 0 Å². The van der Waals surface area contributed by atoms with Crippen LogP contribution in [0.15, 0.2) is 217 Å². The van der Waals surface area contributed by atoms with Crippen LogP contribution in [-0.4, -0.2) is 24.1 Å². The van der Waals surface area contributed by atoms with E-state index in [-0.39, 0.29) is 0 Å². The number of aromatic nitrogens is 5. The molecule has 9 aromatic carbocycles. The van der Waals surface area contributed by atoms with Gasteiger partial charge in [0.25, 0.3) is 0 Å². The van der Waals surface area contributed by atoms with Crippen LogP contribution >= 0.6 is 0 Å². The second-order valence-electron chi connectivity index (χ2n) is 16.0. The van der Waals surface area contributed by atoms with Crippen molar-refractivity contribution >= 4 is 65.6 Å². The Kier molecular flexibility index (Phi) is 7.80. The van der Waals surface area contributed by atoms with Crippen LogP contribution in [-0.2, 0) is 0 Å². The average Bonchev–Trinajstić information content (AvgIpc) is 4.03. The minimum Gasteiger partial charge on any atom is -0.454 e. The summed E-state index contributed by atoms with van der Waals surface area (Å²) < 4.78 is 11.2. The number of nitrogens with zero attached hydrogens (tertiary/aromatic N) is 5. The first-order valence-electron chi connectivity index (χ1n) is 21.2. The van der Waals surface area contributed by atoms with Crippen molar-refractivity contribution in [2.45, 2.75) is 0 Å². The first kappa shape index (κ1) is 35.2.